The summed E-state index contributed by atoms with van der Waals surface area (Å²) in [5, 5.41) is 5.73. The van der Waals surface area contributed by atoms with E-state index in [-0.39, 0.29) is 0 Å². The van der Waals surface area contributed by atoms with Gasteiger partial charge in [0, 0.05) is 19.0 Å². The van der Waals surface area contributed by atoms with Gasteiger partial charge in [-0.05, 0) is 14.1 Å². The maximum absolute atomic E-state index is 9.75. The lowest BCUT2D eigenvalue weighted by molar-refractivity contribution is -0.112. The fourth-order valence-electron chi connectivity index (χ4n) is 0.407. The third-order valence-corrected chi connectivity index (χ3v) is 1.01. The van der Waals surface area contributed by atoms with Crippen molar-refractivity contribution in [1.29, 1.82) is 0 Å². The van der Waals surface area contributed by atoms with Gasteiger partial charge in [-0.15, -0.1) is 0 Å². The van der Waals surface area contributed by atoms with Gasteiger partial charge in [0.1, 0.15) is 6.29 Å². The lowest BCUT2D eigenvalue weighted by Crippen LogP contribution is -2.42. The quantitative estimate of drug-likeness (QED) is 0.541. The Hall–Kier alpha value is -0.410. The molecule has 0 spiro atoms. The highest BCUT2D eigenvalue weighted by molar-refractivity contribution is 5.55. The molecule has 3 heteroatoms. The summed E-state index contributed by atoms with van der Waals surface area (Å²) in [7, 11) is 3.75. The minimum Gasteiger partial charge on any atom is -0.323 e. The Labute approximate surface area is 69.6 Å². The van der Waals surface area contributed by atoms with Gasteiger partial charge in [-0.2, -0.15) is 0 Å². The zero-order valence-corrected chi connectivity index (χ0v) is 7.98. The fourth-order valence-corrected chi connectivity index (χ4v) is 0.407. The van der Waals surface area contributed by atoms with Gasteiger partial charge >= 0.3 is 0 Å². The maximum Gasteiger partial charge on any atom is 0.125 e. The highest BCUT2D eigenvalue weighted by Crippen LogP contribution is 1.94. The molecule has 1 fully saturated rings. The molecule has 1 aliphatic rings. The van der Waals surface area contributed by atoms with Crippen molar-refractivity contribution in [3.8, 4) is 0 Å². The Balaban J connectivity index is 0. The number of nitrogens with one attached hydrogen (secondary N) is 2. The van der Waals surface area contributed by atoms with E-state index in [2.05, 4.69) is 10.6 Å². The lowest BCUT2D eigenvalue weighted by atomic mass is 10.1. The van der Waals surface area contributed by atoms with Crippen molar-refractivity contribution in [3.05, 3.63) is 0 Å². The largest absolute Gasteiger partial charge is 0.323 e. The maximum atomic E-state index is 9.75. The van der Waals surface area contributed by atoms with Crippen molar-refractivity contribution in [1.82, 2.24) is 10.6 Å². The van der Waals surface area contributed by atoms with Crippen molar-refractivity contribution in [2.24, 2.45) is 5.92 Å². The Bertz CT molecular complexity index is 72.5. The van der Waals surface area contributed by atoms with Gasteiger partial charge in [0.2, 0.25) is 0 Å². The molecule has 3 nitrogen and oxygen atoms in total. The topological polar surface area (TPSA) is 41.1 Å². The van der Waals surface area contributed by atoms with Crippen molar-refractivity contribution >= 4 is 6.29 Å². The van der Waals surface area contributed by atoms with Crippen LogP contribution >= 0.6 is 0 Å². The molecule has 68 valence electrons. The molecule has 1 rings (SSSR count). The van der Waals surface area contributed by atoms with Crippen molar-refractivity contribution in [2.75, 3.05) is 27.2 Å². The van der Waals surface area contributed by atoms with Crippen LogP contribution in [0.4, 0.5) is 0 Å². The minimum atomic E-state index is 0.324. The monoisotopic (exact) mass is 160 g/mol. The molecule has 0 aromatic rings. The van der Waals surface area contributed by atoms with Gasteiger partial charge in [0.05, 0.1) is 0 Å². The predicted octanol–water partition coefficient (Wildman–Crippen LogP) is 0.267. The second-order valence-electron chi connectivity index (χ2n) is 2.05. The van der Waals surface area contributed by atoms with E-state index in [0.29, 0.717) is 5.92 Å². The number of hydrogen-bond donors (Lipinski definition) is 2. The van der Waals surface area contributed by atoms with E-state index >= 15 is 0 Å². The van der Waals surface area contributed by atoms with E-state index < -0.39 is 0 Å². The zero-order chi connectivity index (χ0) is 9.11. The summed E-state index contributed by atoms with van der Waals surface area (Å²) in [4.78, 5) is 9.75. The second-order valence-corrected chi connectivity index (χ2v) is 2.05. The molecule has 0 atom stereocenters. The molecule has 0 saturated carbocycles. The van der Waals surface area contributed by atoms with Gasteiger partial charge in [0.25, 0.3) is 0 Å². The van der Waals surface area contributed by atoms with Crippen molar-refractivity contribution in [3.63, 3.8) is 0 Å². The molecule has 0 unspecified atom stereocenters. The average Bonchev–Trinajstić information content (AvgIpc) is 1.91. The number of carbonyl (C=O) groups excluding carboxylic acids is 1. The van der Waals surface area contributed by atoms with Crippen LogP contribution in [0.5, 0.6) is 0 Å². The molecule has 0 aromatic carbocycles. The Kier molecular flexibility index (Phi) is 14.7. The smallest absolute Gasteiger partial charge is 0.125 e. The van der Waals surface area contributed by atoms with Crippen LogP contribution in [0.3, 0.4) is 0 Å². The predicted molar refractivity (Wildman–Crippen MR) is 48.8 cm³/mol. The normalized spacial score (nSPS) is 14.5. The molecule has 0 amide bonds. The molecule has 2 N–H and O–H groups in total. The van der Waals surface area contributed by atoms with Crippen molar-refractivity contribution < 1.29 is 4.79 Å². The Morgan fingerprint density at radius 3 is 1.73 bits per heavy atom. The van der Waals surface area contributed by atoms with Gasteiger partial charge in [0.15, 0.2) is 0 Å². The first kappa shape index (κ1) is 13.2. The van der Waals surface area contributed by atoms with Gasteiger partial charge in [-0.3, -0.25) is 0 Å². The van der Waals surface area contributed by atoms with Crippen LogP contribution < -0.4 is 10.6 Å². The first-order valence-corrected chi connectivity index (χ1v) is 4.09. The summed E-state index contributed by atoms with van der Waals surface area (Å²) < 4.78 is 0. The number of rotatable bonds is 1. The molecular weight excluding hydrogens is 140 g/mol. The Morgan fingerprint density at radius 2 is 1.73 bits per heavy atom. The molecule has 1 heterocycles. The SMILES string of the molecule is CC.CNC.O=CC1CNC1. The highest BCUT2D eigenvalue weighted by Gasteiger charge is 2.13. The van der Waals surface area contributed by atoms with Crippen molar-refractivity contribution in [2.45, 2.75) is 13.8 Å². The molecule has 1 saturated heterocycles. The standard InChI is InChI=1S/C4H7NO.C2H7N.C2H6/c6-3-4-1-5-2-4;1-3-2;1-2/h3-5H,1-2H2;3H,1-2H3;1-2H3. The molecular formula is C8H20N2O. The summed E-state index contributed by atoms with van der Waals surface area (Å²) in [6, 6.07) is 0. The van der Waals surface area contributed by atoms with Crippen LogP contribution in [0.1, 0.15) is 13.8 Å². The van der Waals surface area contributed by atoms with Gasteiger partial charge in [-0.25, -0.2) is 0 Å². The van der Waals surface area contributed by atoms with Gasteiger partial charge in [-0.1, -0.05) is 13.8 Å². The molecule has 0 aromatic heterocycles. The first-order chi connectivity index (χ1) is 5.35. The lowest BCUT2D eigenvalue weighted by Gasteiger charge is -2.20. The van der Waals surface area contributed by atoms with E-state index in [4.69, 9.17) is 0 Å². The summed E-state index contributed by atoms with van der Waals surface area (Å²) in [6.45, 7) is 5.78. The Morgan fingerprint density at radius 1 is 1.36 bits per heavy atom. The van der Waals surface area contributed by atoms with Crippen LogP contribution in [0.15, 0.2) is 0 Å². The zero-order valence-electron chi connectivity index (χ0n) is 7.98. The average molecular weight is 160 g/mol. The van der Waals surface area contributed by atoms with Gasteiger partial charge < -0.3 is 15.4 Å². The second kappa shape index (κ2) is 12.3. The van der Waals surface area contributed by atoms with E-state index in [1.54, 1.807) is 0 Å². The van der Waals surface area contributed by atoms with Crippen LogP contribution in [0.25, 0.3) is 0 Å². The summed E-state index contributed by atoms with van der Waals surface area (Å²) in [5.74, 6) is 0.324. The molecule has 0 radical (unpaired) electrons. The van der Waals surface area contributed by atoms with E-state index in [1.807, 2.05) is 27.9 Å². The van der Waals surface area contributed by atoms with E-state index in [0.717, 1.165) is 19.4 Å². The fraction of sp³-hybridized carbons (Fsp3) is 0.875. The van der Waals surface area contributed by atoms with Crippen LogP contribution in [-0.4, -0.2) is 33.5 Å². The number of carbonyl (C=O) groups is 1. The van der Waals surface area contributed by atoms with Crippen LogP contribution in [0, 0.1) is 5.92 Å². The van der Waals surface area contributed by atoms with Crippen LogP contribution in [-0.2, 0) is 4.79 Å². The number of hydrogen-bond acceptors (Lipinski definition) is 3. The van der Waals surface area contributed by atoms with E-state index in [9.17, 15) is 4.79 Å². The summed E-state index contributed by atoms with van der Waals surface area (Å²) in [6.07, 6.45) is 0.997. The molecule has 0 aliphatic carbocycles. The summed E-state index contributed by atoms with van der Waals surface area (Å²) >= 11 is 0. The van der Waals surface area contributed by atoms with E-state index in [1.165, 1.54) is 0 Å². The first-order valence-electron chi connectivity index (χ1n) is 4.09. The molecule has 0 bridgehead atoms. The summed E-state index contributed by atoms with van der Waals surface area (Å²) in [5.41, 5.74) is 0. The number of aldehydes is 1. The minimum absolute atomic E-state index is 0.324. The third-order valence-electron chi connectivity index (χ3n) is 1.01. The molecule has 11 heavy (non-hydrogen) atoms. The molecule has 1 aliphatic heterocycles. The highest BCUT2D eigenvalue weighted by atomic mass is 16.1. The third kappa shape index (κ3) is 9.59. The van der Waals surface area contributed by atoms with Crippen LogP contribution in [0.2, 0.25) is 0 Å².